The standard InChI is InChI=1S/C17H14N2O2/c1-18-17(20)21-15-8-6-12(7-9-15)16-10-13-4-2-3-5-14(13)11-19-16/h2-11H,1H3,(H,18,20). The van der Waals surface area contributed by atoms with Crippen LogP contribution in [0.1, 0.15) is 0 Å². The lowest BCUT2D eigenvalue weighted by atomic mass is 10.1. The molecule has 0 aliphatic heterocycles. The number of aromatic nitrogens is 1. The van der Waals surface area contributed by atoms with E-state index in [2.05, 4.69) is 16.4 Å². The number of ether oxygens (including phenoxy) is 1. The maximum Gasteiger partial charge on any atom is 0.412 e. The van der Waals surface area contributed by atoms with E-state index in [0.29, 0.717) is 5.75 Å². The Morgan fingerprint density at radius 2 is 1.76 bits per heavy atom. The van der Waals surface area contributed by atoms with Crippen LogP contribution in [0, 0.1) is 0 Å². The molecule has 0 unspecified atom stereocenters. The predicted octanol–water partition coefficient (Wildman–Crippen LogP) is 3.62. The molecule has 0 atom stereocenters. The Morgan fingerprint density at radius 3 is 2.48 bits per heavy atom. The summed E-state index contributed by atoms with van der Waals surface area (Å²) in [6.07, 6.45) is 1.38. The van der Waals surface area contributed by atoms with Gasteiger partial charge in [0.2, 0.25) is 0 Å². The summed E-state index contributed by atoms with van der Waals surface area (Å²) in [5.74, 6) is 0.499. The molecule has 3 rings (SSSR count). The fourth-order valence-electron chi connectivity index (χ4n) is 2.09. The average Bonchev–Trinajstić information content (AvgIpc) is 2.55. The van der Waals surface area contributed by atoms with Crippen molar-refractivity contribution in [3.05, 3.63) is 60.8 Å². The fourth-order valence-corrected chi connectivity index (χ4v) is 2.09. The van der Waals surface area contributed by atoms with Crippen molar-refractivity contribution in [2.24, 2.45) is 0 Å². The second kappa shape index (κ2) is 5.63. The van der Waals surface area contributed by atoms with E-state index in [1.165, 1.54) is 7.05 Å². The Kier molecular flexibility index (Phi) is 3.51. The Morgan fingerprint density at radius 1 is 1.05 bits per heavy atom. The van der Waals surface area contributed by atoms with Crippen LogP contribution in [-0.4, -0.2) is 18.1 Å². The van der Waals surface area contributed by atoms with Gasteiger partial charge in [-0.05, 0) is 35.7 Å². The van der Waals surface area contributed by atoms with Crippen molar-refractivity contribution < 1.29 is 9.53 Å². The van der Waals surface area contributed by atoms with Crippen molar-refractivity contribution in [3.8, 4) is 17.0 Å². The van der Waals surface area contributed by atoms with E-state index < -0.39 is 6.09 Å². The third kappa shape index (κ3) is 2.84. The first-order chi connectivity index (χ1) is 10.3. The number of carbonyl (C=O) groups is 1. The van der Waals surface area contributed by atoms with E-state index in [-0.39, 0.29) is 0 Å². The number of fused-ring (bicyclic) bond motifs is 1. The van der Waals surface area contributed by atoms with Crippen LogP contribution in [0.2, 0.25) is 0 Å². The van der Waals surface area contributed by atoms with Gasteiger partial charge in [-0.2, -0.15) is 0 Å². The van der Waals surface area contributed by atoms with Gasteiger partial charge in [0.05, 0.1) is 5.69 Å². The smallest absolute Gasteiger partial charge is 0.410 e. The molecule has 4 heteroatoms. The van der Waals surface area contributed by atoms with Crippen LogP contribution in [-0.2, 0) is 0 Å². The molecule has 0 aliphatic rings. The van der Waals surface area contributed by atoms with Crippen LogP contribution < -0.4 is 10.1 Å². The molecule has 0 radical (unpaired) electrons. The summed E-state index contributed by atoms with van der Waals surface area (Å²) in [6, 6.07) is 17.4. The number of pyridine rings is 1. The zero-order valence-corrected chi connectivity index (χ0v) is 11.5. The van der Waals surface area contributed by atoms with E-state index >= 15 is 0 Å². The highest BCUT2D eigenvalue weighted by Gasteiger charge is 2.04. The molecule has 2 aromatic carbocycles. The first-order valence-electron chi connectivity index (χ1n) is 6.61. The summed E-state index contributed by atoms with van der Waals surface area (Å²) in [7, 11) is 1.52. The largest absolute Gasteiger partial charge is 0.412 e. The number of nitrogens with one attached hydrogen (secondary N) is 1. The molecule has 1 aromatic heterocycles. The van der Waals surface area contributed by atoms with E-state index in [9.17, 15) is 4.79 Å². The lowest BCUT2D eigenvalue weighted by molar-refractivity contribution is 0.203. The summed E-state index contributed by atoms with van der Waals surface area (Å²) in [5.41, 5.74) is 1.87. The van der Waals surface area contributed by atoms with Crippen molar-refractivity contribution in [1.29, 1.82) is 0 Å². The molecule has 4 nitrogen and oxygen atoms in total. The van der Waals surface area contributed by atoms with Gasteiger partial charge in [0.1, 0.15) is 5.75 Å². The molecule has 0 bridgehead atoms. The van der Waals surface area contributed by atoms with Crippen molar-refractivity contribution in [2.45, 2.75) is 0 Å². The minimum Gasteiger partial charge on any atom is -0.410 e. The molecular formula is C17H14N2O2. The number of carbonyl (C=O) groups excluding carboxylic acids is 1. The van der Waals surface area contributed by atoms with Crippen molar-refractivity contribution >= 4 is 16.9 Å². The minimum absolute atomic E-state index is 0.480. The van der Waals surface area contributed by atoms with Crippen molar-refractivity contribution in [2.75, 3.05) is 7.05 Å². The van der Waals surface area contributed by atoms with Crippen molar-refractivity contribution in [1.82, 2.24) is 10.3 Å². The molecule has 104 valence electrons. The second-order valence-electron chi connectivity index (χ2n) is 4.58. The number of amides is 1. The molecular weight excluding hydrogens is 264 g/mol. The number of rotatable bonds is 2. The highest BCUT2D eigenvalue weighted by Crippen LogP contribution is 2.24. The lowest BCUT2D eigenvalue weighted by Gasteiger charge is -2.06. The van der Waals surface area contributed by atoms with Gasteiger partial charge in [0.25, 0.3) is 0 Å². The maximum absolute atomic E-state index is 11.1. The number of benzene rings is 2. The van der Waals surface area contributed by atoms with Crippen LogP contribution in [0.3, 0.4) is 0 Å². The van der Waals surface area contributed by atoms with Gasteiger partial charge >= 0.3 is 6.09 Å². The normalized spacial score (nSPS) is 10.3. The zero-order valence-electron chi connectivity index (χ0n) is 11.5. The molecule has 1 amide bonds. The molecule has 0 saturated carbocycles. The van der Waals surface area contributed by atoms with Crippen molar-refractivity contribution in [3.63, 3.8) is 0 Å². The van der Waals surface area contributed by atoms with E-state index in [0.717, 1.165) is 22.0 Å². The highest BCUT2D eigenvalue weighted by atomic mass is 16.5. The third-order valence-corrected chi connectivity index (χ3v) is 3.20. The summed E-state index contributed by atoms with van der Waals surface area (Å²) in [4.78, 5) is 15.6. The zero-order chi connectivity index (χ0) is 14.7. The number of hydrogen-bond acceptors (Lipinski definition) is 3. The summed E-state index contributed by atoms with van der Waals surface area (Å²) < 4.78 is 5.05. The Labute approximate surface area is 122 Å². The molecule has 1 N–H and O–H groups in total. The molecule has 1 heterocycles. The lowest BCUT2D eigenvalue weighted by Crippen LogP contribution is -2.21. The molecule has 0 saturated heterocycles. The molecule has 3 aromatic rings. The van der Waals surface area contributed by atoms with Gasteiger partial charge in [0, 0.05) is 24.2 Å². The second-order valence-corrected chi connectivity index (χ2v) is 4.58. The predicted molar refractivity (Wildman–Crippen MR) is 82.3 cm³/mol. The minimum atomic E-state index is -0.480. The molecule has 0 fully saturated rings. The van der Waals surface area contributed by atoms with E-state index in [4.69, 9.17) is 4.74 Å². The highest BCUT2D eigenvalue weighted by molar-refractivity contribution is 5.85. The monoisotopic (exact) mass is 278 g/mol. The number of hydrogen-bond donors (Lipinski definition) is 1. The van der Waals surface area contributed by atoms with Gasteiger partial charge in [0.15, 0.2) is 0 Å². The van der Waals surface area contributed by atoms with Gasteiger partial charge in [-0.3, -0.25) is 4.98 Å². The van der Waals surface area contributed by atoms with Crippen LogP contribution >= 0.6 is 0 Å². The van der Waals surface area contributed by atoms with Gasteiger partial charge in [-0.1, -0.05) is 24.3 Å². The Balaban J connectivity index is 1.90. The molecule has 21 heavy (non-hydrogen) atoms. The van der Waals surface area contributed by atoms with Gasteiger partial charge in [-0.25, -0.2) is 4.79 Å². The van der Waals surface area contributed by atoms with Crippen LogP contribution in [0.15, 0.2) is 60.8 Å². The van der Waals surface area contributed by atoms with E-state index in [1.54, 1.807) is 12.1 Å². The van der Waals surface area contributed by atoms with Gasteiger partial charge in [-0.15, -0.1) is 0 Å². The number of nitrogens with zero attached hydrogens (tertiary/aromatic N) is 1. The van der Waals surface area contributed by atoms with Crippen LogP contribution in [0.4, 0.5) is 4.79 Å². The fraction of sp³-hybridized carbons (Fsp3) is 0.0588. The maximum atomic E-state index is 11.1. The van der Waals surface area contributed by atoms with Crippen LogP contribution in [0.25, 0.3) is 22.0 Å². The molecule has 0 spiro atoms. The SMILES string of the molecule is CNC(=O)Oc1ccc(-c2cc3ccccc3cn2)cc1. The summed E-state index contributed by atoms with van der Waals surface area (Å²) in [5, 5.41) is 4.66. The quantitative estimate of drug-likeness (QED) is 0.779. The first kappa shape index (κ1) is 13.1. The summed E-state index contributed by atoms with van der Waals surface area (Å²) >= 11 is 0. The van der Waals surface area contributed by atoms with Crippen LogP contribution in [0.5, 0.6) is 5.75 Å². The first-order valence-corrected chi connectivity index (χ1v) is 6.61. The molecule has 0 aliphatic carbocycles. The average molecular weight is 278 g/mol. The summed E-state index contributed by atoms with van der Waals surface area (Å²) in [6.45, 7) is 0. The van der Waals surface area contributed by atoms with E-state index in [1.807, 2.05) is 42.6 Å². The topological polar surface area (TPSA) is 51.2 Å². The van der Waals surface area contributed by atoms with Gasteiger partial charge < -0.3 is 10.1 Å². The Bertz CT molecular complexity index is 782. The third-order valence-electron chi connectivity index (χ3n) is 3.20. The Hall–Kier alpha value is -2.88.